The molecule has 1 aliphatic carbocycles. The molecule has 0 radical (unpaired) electrons. The number of allylic oxidation sites excluding steroid dienone is 2. The Morgan fingerprint density at radius 1 is 1.09 bits per heavy atom. The second kappa shape index (κ2) is 8.05. The third-order valence-electron chi connectivity index (χ3n) is 6.14. The largest absolute Gasteiger partial charge is 0.493 e. The first-order valence-electron chi connectivity index (χ1n) is 10.4. The summed E-state index contributed by atoms with van der Waals surface area (Å²) in [5.41, 5.74) is 2.85. The Labute approximate surface area is 189 Å². The van der Waals surface area contributed by atoms with E-state index in [0.29, 0.717) is 41.4 Å². The molecule has 2 heterocycles. The van der Waals surface area contributed by atoms with Gasteiger partial charge in [-0.25, -0.2) is 4.68 Å². The quantitative estimate of drug-likeness (QED) is 0.465. The van der Waals surface area contributed by atoms with Crippen molar-refractivity contribution in [1.82, 2.24) is 14.8 Å². The van der Waals surface area contributed by atoms with Gasteiger partial charge in [-0.2, -0.15) is 10.1 Å². The lowest BCUT2D eigenvalue weighted by Gasteiger charge is -2.35. The van der Waals surface area contributed by atoms with Gasteiger partial charge < -0.3 is 14.8 Å². The Kier molecular flexibility index (Phi) is 5.04. The molecular weight excluding hydrogens is 426 g/mol. The topological polar surface area (TPSA) is 121 Å². The number of aromatic nitrogens is 3. The maximum atomic E-state index is 13.5. The van der Waals surface area contributed by atoms with Gasteiger partial charge in [0.05, 0.1) is 19.1 Å². The molecule has 3 aromatic rings. The minimum atomic E-state index is -0.586. The number of rotatable bonds is 5. The third-order valence-corrected chi connectivity index (χ3v) is 6.14. The van der Waals surface area contributed by atoms with Crippen LogP contribution in [-0.4, -0.2) is 39.7 Å². The zero-order valence-electron chi connectivity index (χ0n) is 18.0. The summed E-state index contributed by atoms with van der Waals surface area (Å²) in [6.07, 6.45) is 2.28. The Bertz CT molecular complexity index is 1300. The number of hydrogen-bond donors (Lipinski definition) is 1. The smallest absolute Gasteiger partial charge is 0.269 e. The lowest BCUT2D eigenvalue weighted by Crippen LogP contribution is -2.33. The zero-order chi connectivity index (χ0) is 23.1. The number of ether oxygens (including phenoxy) is 2. The molecule has 33 heavy (non-hydrogen) atoms. The molecule has 168 valence electrons. The monoisotopic (exact) mass is 447 g/mol. The number of carbonyl (C=O) groups excluding carboxylic acids is 1. The lowest BCUT2D eigenvalue weighted by molar-refractivity contribution is -0.384. The molecular formula is C23H21N5O5. The standard InChI is InChI=1S/C23H21N5O5/c1-32-19-7-6-13(11-20(19)33-2)15-9-17-21(18(29)10-15)22(27-23(26-17)24-12-25-27)14-4-3-5-16(8-14)28(30)31/h3-8,11-12,15,22H,9-10H2,1-2H3,(H,24,25,26)/t15-,22+/m1/s1. The molecule has 1 aromatic heterocycles. The molecule has 2 aromatic carbocycles. The number of non-ortho nitro benzene ring substituents is 1. The number of methoxy groups -OCH3 is 2. The maximum Gasteiger partial charge on any atom is 0.269 e. The number of carbonyl (C=O) groups is 1. The fourth-order valence-corrected chi connectivity index (χ4v) is 4.61. The van der Waals surface area contributed by atoms with Gasteiger partial charge in [0.15, 0.2) is 17.3 Å². The van der Waals surface area contributed by atoms with E-state index >= 15 is 0 Å². The van der Waals surface area contributed by atoms with Crippen molar-refractivity contribution in [3.63, 3.8) is 0 Å². The van der Waals surface area contributed by atoms with E-state index in [1.807, 2.05) is 18.2 Å². The summed E-state index contributed by atoms with van der Waals surface area (Å²) >= 11 is 0. The number of nitro groups is 1. The van der Waals surface area contributed by atoms with Gasteiger partial charge in [-0.3, -0.25) is 14.9 Å². The molecule has 2 atom stereocenters. The normalized spacial score (nSPS) is 19.4. The van der Waals surface area contributed by atoms with E-state index in [0.717, 1.165) is 11.3 Å². The van der Waals surface area contributed by atoms with Gasteiger partial charge in [-0.05, 0) is 35.6 Å². The molecule has 0 spiro atoms. The van der Waals surface area contributed by atoms with E-state index in [2.05, 4.69) is 15.4 Å². The Hall–Kier alpha value is -4.21. The van der Waals surface area contributed by atoms with Gasteiger partial charge in [-0.1, -0.05) is 18.2 Å². The van der Waals surface area contributed by atoms with Crippen molar-refractivity contribution in [3.8, 4) is 11.5 Å². The number of Topliss-reactive ketones (excluding diaryl/α,β-unsaturated/α-hetero) is 1. The first-order chi connectivity index (χ1) is 16.0. The minimum absolute atomic E-state index is 0.0405. The van der Waals surface area contributed by atoms with Crippen molar-refractivity contribution < 1.29 is 19.2 Å². The van der Waals surface area contributed by atoms with Crippen molar-refractivity contribution in [1.29, 1.82) is 0 Å². The van der Waals surface area contributed by atoms with Gasteiger partial charge in [0, 0.05) is 29.8 Å². The first kappa shape index (κ1) is 20.7. The van der Waals surface area contributed by atoms with Crippen LogP contribution in [0.3, 0.4) is 0 Å². The average molecular weight is 447 g/mol. The van der Waals surface area contributed by atoms with Crippen molar-refractivity contribution in [2.24, 2.45) is 0 Å². The highest BCUT2D eigenvalue weighted by atomic mass is 16.6. The molecule has 0 saturated carbocycles. The van der Waals surface area contributed by atoms with Crippen LogP contribution < -0.4 is 14.8 Å². The second-order valence-electron chi connectivity index (χ2n) is 7.94. The van der Waals surface area contributed by atoms with Gasteiger partial charge in [0.2, 0.25) is 5.95 Å². The number of benzene rings is 2. The molecule has 0 bridgehead atoms. The van der Waals surface area contributed by atoms with Crippen LogP contribution in [0.5, 0.6) is 11.5 Å². The Morgan fingerprint density at radius 3 is 2.67 bits per heavy atom. The molecule has 0 saturated heterocycles. The summed E-state index contributed by atoms with van der Waals surface area (Å²) < 4.78 is 12.4. The zero-order valence-corrected chi connectivity index (χ0v) is 18.0. The predicted molar refractivity (Wildman–Crippen MR) is 118 cm³/mol. The summed E-state index contributed by atoms with van der Waals surface area (Å²) in [5, 5.41) is 18.9. The predicted octanol–water partition coefficient (Wildman–Crippen LogP) is 3.62. The molecule has 10 nitrogen and oxygen atoms in total. The Balaban J connectivity index is 1.57. The SMILES string of the molecule is COc1ccc([C@H]2CC(=O)C3=C(C2)Nc2ncnn2[C@H]3c2cccc([N+](=O)[O-])c2)cc1OC. The molecule has 0 unspecified atom stereocenters. The van der Waals surface area contributed by atoms with Crippen molar-refractivity contribution in [2.75, 3.05) is 19.5 Å². The van der Waals surface area contributed by atoms with E-state index in [-0.39, 0.29) is 17.4 Å². The molecule has 1 aliphatic heterocycles. The first-order valence-corrected chi connectivity index (χ1v) is 10.4. The van der Waals surface area contributed by atoms with E-state index in [4.69, 9.17) is 9.47 Å². The number of ketones is 1. The highest BCUT2D eigenvalue weighted by Crippen LogP contribution is 2.45. The van der Waals surface area contributed by atoms with Gasteiger partial charge in [-0.15, -0.1) is 0 Å². The molecule has 1 N–H and O–H groups in total. The van der Waals surface area contributed by atoms with Crippen LogP contribution in [-0.2, 0) is 4.79 Å². The van der Waals surface area contributed by atoms with Crippen LogP contribution in [0.4, 0.5) is 11.6 Å². The van der Waals surface area contributed by atoms with Gasteiger partial charge in [0.1, 0.15) is 12.4 Å². The number of fused-ring (bicyclic) bond motifs is 1. The molecule has 0 fully saturated rings. The number of nitro benzene ring substituents is 1. The maximum absolute atomic E-state index is 13.5. The van der Waals surface area contributed by atoms with Crippen LogP contribution in [0.2, 0.25) is 0 Å². The Morgan fingerprint density at radius 2 is 1.91 bits per heavy atom. The summed E-state index contributed by atoms with van der Waals surface area (Å²) in [4.78, 5) is 28.6. The number of nitrogens with zero attached hydrogens (tertiary/aromatic N) is 4. The summed E-state index contributed by atoms with van der Waals surface area (Å²) in [5.74, 6) is 1.61. The number of hydrogen-bond acceptors (Lipinski definition) is 8. The summed E-state index contributed by atoms with van der Waals surface area (Å²) in [6.45, 7) is 0. The van der Waals surface area contributed by atoms with Crippen molar-refractivity contribution >= 4 is 17.4 Å². The molecule has 5 rings (SSSR count). The fourth-order valence-electron chi connectivity index (χ4n) is 4.61. The van der Waals surface area contributed by atoms with E-state index < -0.39 is 11.0 Å². The average Bonchev–Trinajstić information content (AvgIpc) is 3.30. The third kappa shape index (κ3) is 3.49. The van der Waals surface area contributed by atoms with E-state index in [9.17, 15) is 14.9 Å². The molecule has 2 aliphatic rings. The van der Waals surface area contributed by atoms with Crippen LogP contribution in [0.1, 0.15) is 35.9 Å². The van der Waals surface area contributed by atoms with Crippen molar-refractivity contribution in [3.05, 3.63) is 81.3 Å². The second-order valence-corrected chi connectivity index (χ2v) is 7.94. The number of anilines is 1. The van der Waals surface area contributed by atoms with E-state index in [1.54, 1.807) is 31.0 Å². The minimum Gasteiger partial charge on any atom is -0.493 e. The van der Waals surface area contributed by atoms with Gasteiger partial charge >= 0.3 is 0 Å². The van der Waals surface area contributed by atoms with Crippen molar-refractivity contribution in [2.45, 2.75) is 24.8 Å². The van der Waals surface area contributed by atoms with Crippen LogP contribution >= 0.6 is 0 Å². The van der Waals surface area contributed by atoms with Gasteiger partial charge in [0.25, 0.3) is 5.69 Å². The van der Waals surface area contributed by atoms with E-state index in [1.165, 1.54) is 18.5 Å². The van der Waals surface area contributed by atoms with Crippen LogP contribution in [0.15, 0.2) is 60.1 Å². The summed E-state index contributed by atoms with van der Waals surface area (Å²) in [6, 6.07) is 11.4. The van der Waals surface area contributed by atoms with Crippen LogP contribution in [0, 0.1) is 10.1 Å². The fraction of sp³-hybridized carbons (Fsp3) is 0.261. The molecule has 10 heteroatoms. The molecule has 0 amide bonds. The highest BCUT2D eigenvalue weighted by molar-refractivity contribution is 6.00. The van der Waals surface area contributed by atoms with Crippen LogP contribution in [0.25, 0.3) is 0 Å². The number of nitrogens with one attached hydrogen (secondary N) is 1. The lowest BCUT2D eigenvalue weighted by atomic mass is 9.78. The highest BCUT2D eigenvalue weighted by Gasteiger charge is 2.39. The summed E-state index contributed by atoms with van der Waals surface area (Å²) in [7, 11) is 3.16.